The van der Waals surface area contributed by atoms with E-state index in [1.54, 1.807) is 12.1 Å². The van der Waals surface area contributed by atoms with Gasteiger partial charge in [0, 0.05) is 37.2 Å². The monoisotopic (exact) mass is 373 g/mol. The first-order valence-corrected chi connectivity index (χ1v) is 9.54. The summed E-state index contributed by atoms with van der Waals surface area (Å²) in [6.45, 7) is 3.14. The standard InChI is InChI=1S/C21H25F2N3O/c22-18-7-2-8-19(23)20(18)17-11-24-25-21(17)15-5-3-9-26(13-15)12-14-4-1-6-16(27)10-14/h1-2,4,6-8,10,15,17,21,24-25,27H,3,5,9,11-13H2. The van der Waals surface area contributed by atoms with Crippen LogP contribution >= 0.6 is 0 Å². The number of benzene rings is 2. The Morgan fingerprint density at radius 3 is 2.67 bits per heavy atom. The third kappa shape index (κ3) is 3.98. The molecule has 2 aliphatic rings. The van der Waals surface area contributed by atoms with Gasteiger partial charge in [0.25, 0.3) is 0 Å². The molecule has 0 aromatic heterocycles. The zero-order valence-corrected chi connectivity index (χ0v) is 15.2. The van der Waals surface area contributed by atoms with Crippen molar-refractivity contribution in [3.05, 3.63) is 65.2 Å². The maximum absolute atomic E-state index is 14.3. The van der Waals surface area contributed by atoms with Crippen molar-refractivity contribution in [1.29, 1.82) is 0 Å². The van der Waals surface area contributed by atoms with Gasteiger partial charge in [-0.25, -0.2) is 8.78 Å². The number of aromatic hydroxyl groups is 1. The Kier molecular flexibility index (Phi) is 5.38. The molecule has 4 nitrogen and oxygen atoms in total. The number of likely N-dealkylation sites (tertiary alicyclic amines) is 1. The highest BCUT2D eigenvalue weighted by molar-refractivity contribution is 5.28. The number of hydrazine groups is 1. The fourth-order valence-corrected chi connectivity index (χ4v) is 4.55. The van der Waals surface area contributed by atoms with Gasteiger partial charge >= 0.3 is 0 Å². The van der Waals surface area contributed by atoms with E-state index in [0.29, 0.717) is 12.5 Å². The summed E-state index contributed by atoms with van der Waals surface area (Å²) in [5.74, 6) is -0.587. The number of hydrogen-bond donors (Lipinski definition) is 3. The van der Waals surface area contributed by atoms with Gasteiger partial charge in [0.05, 0.1) is 0 Å². The highest BCUT2D eigenvalue weighted by Crippen LogP contribution is 2.34. The van der Waals surface area contributed by atoms with E-state index in [-0.39, 0.29) is 23.3 Å². The van der Waals surface area contributed by atoms with Crippen LogP contribution in [0.3, 0.4) is 0 Å². The van der Waals surface area contributed by atoms with Gasteiger partial charge in [0.1, 0.15) is 17.4 Å². The average molecular weight is 373 g/mol. The van der Waals surface area contributed by atoms with Crippen LogP contribution in [0, 0.1) is 17.6 Å². The number of nitrogens with zero attached hydrogens (tertiary/aromatic N) is 1. The first-order valence-electron chi connectivity index (χ1n) is 9.54. The van der Waals surface area contributed by atoms with Gasteiger partial charge in [-0.1, -0.05) is 18.2 Å². The number of rotatable bonds is 4. The highest BCUT2D eigenvalue weighted by atomic mass is 19.1. The maximum atomic E-state index is 14.3. The Bertz CT molecular complexity index is 780. The Balaban J connectivity index is 1.49. The smallest absolute Gasteiger partial charge is 0.129 e. The molecule has 2 aromatic carbocycles. The number of phenolic OH excluding ortho intramolecular Hbond substituents is 1. The van der Waals surface area contributed by atoms with Crippen molar-refractivity contribution in [3.8, 4) is 5.75 Å². The Hall–Kier alpha value is -2.02. The van der Waals surface area contributed by atoms with E-state index in [1.807, 2.05) is 12.1 Å². The number of nitrogens with one attached hydrogen (secondary N) is 2. The van der Waals surface area contributed by atoms with Crippen LogP contribution in [0.1, 0.15) is 29.9 Å². The largest absolute Gasteiger partial charge is 0.508 e. The molecule has 144 valence electrons. The zero-order valence-electron chi connectivity index (χ0n) is 15.2. The summed E-state index contributed by atoms with van der Waals surface area (Å²) in [5.41, 5.74) is 7.64. The zero-order chi connectivity index (χ0) is 18.8. The molecule has 0 bridgehead atoms. The molecule has 2 fully saturated rings. The third-order valence-electron chi connectivity index (χ3n) is 5.76. The van der Waals surface area contributed by atoms with Crippen molar-refractivity contribution >= 4 is 0 Å². The highest BCUT2D eigenvalue weighted by Gasteiger charge is 2.38. The molecule has 3 N–H and O–H groups in total. The van der Waals surface area contributed by atoms with E-state index < -0.39 is 11.6 Å². The normalized spacial score (nSPS) is 26.4. The fourth-order valence-electron chi connectivity index (χ4n) is 4.55. The minimum Gasteiger partial charge on any atom is -0.508 e. The predicted molar refractivity (Wildman–Crippen MR) is 100 cm³/mol. The summed E-state index contributed by atoms with van der Waals surface area (Å²) >= 11 is 0. The minimum absolute atomic E-state index is 0.0108. The van der Waals surface area contributed by atoms with Crippen molar-refractivity contribution in [2.75, 3.05) is 19.6 Å². The number of phenols is 1. The van der Waals surface area contributed by atoms with Crippen molar-refractivity contribution < 1.29 is 13.9 Å². The van der Waals surface area contributed by atoms with E-state index in [4.69, 9.17) is 0 Å². The second-order valence-corrected chi connectivity index (χ2v) is 7.60. The van der Waals surface area contributed by atoms with Crippen LogP contribution < -0.4 is 10.9 Å². The quantitative estimate of drug-likeness (QED) is 0.771. The number of halogens is 2. The fraction of sp³-hybridized carbons (Fsp3) is 0.429. The molecule has 27 heavy (non-hydrogen) atoms. The van der Waals surface area contributed by atoms with Crippen molar-refractivity contribution in [2.24, 2.45) is 5.92 Å². The summed E-state index contributed by atoms with van der Waals surface area (Å²) < 4.78 is 28.6. The first-order chi connectivity index (χ1) is 13.1. The molecule has 0 radical (unpaired) electrons. The van der Waals surface area contributed by atoms with E-state index in [9.17, 15) is 13.9 Å². The Morgan fingerprint density at radius 2 is 1.89 bits per heavy atom. The van der Waals surface area contributed by atoms with Gasteiger partial charge in [-0.05, 0) is 55.1 Å². The molecule has 3 atom stereocenters. The lowest BCUT2D eigenvalue weighted by atomic mass is 9.80. The van der Waals surface area contributed by atoms with Crippen molar-refractivity contribution in [2.45, 2.75) is 31.3 Å². The van der Waals surface area contributed by atoms with Gasteiger partial charge in [0.15, 0.2) is 0 Å². The first kappa shape index (κ1) is 18.3. The summed E-state index contributed by atoms with van der Waals surface area (Å²) in [6.07, 6.45) is 2.08. The molecule has 4 rings (SSSR count). The van der Waals surface area contributed by atoms with Crippen LogP contribution in [0.4, 0.5) is 8.78 Å². The summed E-state index contributed by atoms with van der Waals surface area (Å²) in [6, 6.07) is 11.4. The molecule has 0 saturated carbocycles. The Morgan fingerprint density at radius 1 is 1.11 bits per heavy atom. The van der Waals surface area contributed by atoms with Crippen LogP contribution in [0.25, 0.3) is 0 Å². The van der Waals surface area contributed by atoms with Crippen LogP contribution in [0.5, 0.6) is 5.75 Å². The van der Waals surface area contributed by atoms with Crippen LogP contribution in [-0.4, -0.2) is 35.7 Å². The second-order valence-electron chi connectivity index (χ2n) is 7.60. The van der Waals surface area contributed by atoms with E-state index in [1.165, 1.54) is 18.2 Å². The molecule has 2 saturated heterocycles. The molecule has 6 heteroatoms. The molecule has 0 amide bonds. The molecule has 0 aliphatic carbocycles. The topological polar surface area (TPSA) is 47.5 Å². The van der Waals surface area contributed by atoms with Crippen molar-refractivity contribution in [3.63, 3.8) is 0 Å². The van der Waals surface area contributed by atoms with E-state index >= 15 is 0 Å². The lowest BCUT2D eigenvalue weighted by Crippen LogP contribution is -2.46. The van der Waals surface area contributed by atoms with E-state index in [2.05, 4.69) is 15.8 Å². The number of hydrogen-bond acceptors (Lipinski definition) is 4. The second kappa shape index (κ2) is 7.92. The lowest BCUT2D eigenvalue weighted by Gasteiger charge is -2.37. The molecular weight excluding hydrogens is 348 g/mol. The lowest BCUT2D eigenvalue weighted by molar-refractivity contribution is 0.139. The SMILES string of the molecule is Oc1cccc(CN2CCCC(C3NNCC3c3c(F)cccc3F)C2)c1. The molecule has 3 unspecified atom stereocenters. The van der Waals surface area contributed by atoms with Gasteiger partial charge < -0.3 is 5.11 Å². The van der Waals surface area contributed by atoms with Crippen molar-refractivity contribution in [1.82, 2.24) is 15.8 Å². The third-order valence-corrected chi connectivity index (χ3v) is 5.76. The predicted octanol–water partition coefficient (Wildman–Crippen LogP) is 3.14. The molecule has 2 aromatic rings. The molecule has 2 heterocycles. The Labute approximate surface area is 158 Å². The summed E-state index contributed by atoms with van der Waals surface area (Å²) in [5, 5.41) is 9.67. The van der Waals surface area contributed by atoms with Gasteiger partial charge in [-0.2, -0.15) is 0 Å². The van der Waals surface area contributed by atoms with Crippen LogP contribution in [-0.2, 0) is 6.54 Å². The molecule has 2 aliphatic heterocycles. The van der Waals surface area contributed by atoms with Crippen LogP contribution in [0.15, 0.2) is 42.5 Å². The molecule has 0 spiro atoms. The average Bonchev–Trinajstić information content (AvgIpc) is 3.11. The van der Waals surface area contributed by atoms with Gasteiger partial charge in [-0.15, -0.1) is 0 Å². The number of piperidine rings is 1. The summed E-state index contributed by atoms with van der Waals surface area (Å²) in [4.78, 5) is 2.36. The molecular formula is C21H25F2N3O. The van der Waals surface area contributed by atoms with Crippen LogP contribution in [0.2, 0.25) is 0 Å². The summed E-state index contributed by atoms with van der Waals surface area (Å²) in [7, 11) is 0. The minimum atomic E-state index is -0.470. The van der Waals surface area contributed by atoms with Gasteiger partial charge in [0.2, 0.25) is 0 Å². The maximum Gasteiger partial charge on any atom is 0.129 e. The van der Waals surface area contributed by atoms with E-state index in [0.717, 1.165) is 38.0 Å². The van der Waals surface area contributed by atoms with Gasteiger partial charge in [-0.3, -0.25) is 15.8 Å².